The molecule has 2 aromatic rings. The van der Waals surface area contributed by atoms with Crippen LogP contribution in [0.1, 0.15) is 10.4 Å². The fourth-order valence-electron chi connectivity index (χ4n) is 2.41. The Labute approximate surface area is 154 Å². The maximum Gasteiger partial charge on any atom is 0.258 e. The highest BCUT2D eigenvalue weighted by atomic mass is 35.5. The summed E-state index contributed by atoms with van der Waals surface area (Å²) in [7, 11) is 0. The Morgan fingerprint density at radius 2 is 1.76 bits per heavy atom. The van der Waals surface area contributed by atoms with E-state index in [9.17, 15) is 9.59 Å². The summed E-state index contributed by atoms with van der Waals surface area (Å²) < 4.78 is 0. The van der Waals surface area contributed by atoms with E-state index in [-0.39, 0.29) is 5.91 Å². The lowest BCUT2D eigenvalue weighted by atomic mass is 10.2. The maximum absolute atomic E-state index is 12.3. The Hall–Kier alpha value is -2.38. The third-order valence-corrected chi connectivity index (χ3v) is 4.56. The summed E-state index contributed by atoms with van der Waals surface area (Å²) in [6.07, 6.45) is 3.79. The number of rotatable bonds is 4. The molecule has 25 heavy (non-hydrogen) atoms. The molecule has 1 fully saturated rings. The van der Waals surface area contributed by atoms with Crippen LogP contribution in [0.15, 0.2) is 30.6 Å². The number of aromatic nitrogens is 2. The SMILES string of the molecule is O=CN1CCN(c2ncc(C(=O)Nc3ccc(Cl)c(Cl)c3)cn2)CC1. The first-order chi connectivity index (χ1) is 12.1. The molecule has 1 aliphatic rings. The van der Waals surface area contributed by atoms with Crippen LogP contribution in [-0.4, -0.2) is 53.4 Å². The van der Waals surface area contributed by atoms with Gasteiger partial charge in [0.1, 0.15) is 0 Å². The molecule has 0 radical (unpaired) electrons. The van der Waals surface area contributed by atoms with Crippen LogP contribution in [0.3, 0.4) is 0 Å². The first kappa shape index (κ1) is 17.4. The predicted molar refractivity (Wildman–Crippen MR) is 96.3 cm³/mol. The van der Waals surface area contributed by atoms with Crippen LogP contribution in [0.25, 0.3) is 0 Å². The molecule has 3 rings (SSSR count). The molecule has 1 N–H and O–H groups in total. The van der Waals surface area contributed by atoms with E-state index in [0.29, 0.717) is 53.4 Å². The number of halogens is 2. The van der Waals surface area contributed by atoms with Crippen molar-refractivity contribution in [1.82, 2.24) is 14.9 Å². The molecule has 0 atom stereocenters. The summed E-state index contributed by atoms with van der Waals surface area (Å²) in [4.78, 5) is 35.2. The summed E-state index contributed by atoms with van der Waals surface area (Å²) in [6.45, 7) is 2.58. The first-order valence-corrected chi connectivity index (χ1v) is 8.35. The monoisotopic (exact) mass is 379 g/mol. The van der Waals surface area contributed by atoms with Gasteiger partial charge in [-0.3, -0.25) is 9.59 Å². The van der Waals surface area contributed by atoms with E-state index in [1.165, 1.54) is 12.4 Å². The van der Waals surface area contributed by atoms with Crippen LogP contribution in [0, 0.1) is 0 Å². The van der Waals surface area contributed by atoms with E-state index in [2.05, 4.69) is 15.3 Å². The Morgan fingerprint density at radius 1 is 1.08 bits per heavy atom. The number of carbonyl (C=O) groups is 2. The molecule has 0 aliphatic carbocycles. The van der Waals surface area contributed by atoms with Crippen LogP contribution in [0.5, 0.6) is 0 Å². The van der Waals surface area contributed by atoms with Crippen molar-refractivity contribution in [2.45, 2.75) is 0 Å². The molecule has 130 valence electrons. The molecule has 0 bridgehead atoms. The topological polar surface area (TPSA) is 78.4 Å². The number of benzene rings is 1. The fraction of sp³-hybridized carbons (Fsp3) is 0.250. The van der Waals surface area contributed by atoms with E-state index >= 15 is 0 Å². The van der Waals surface area contributed by atoms with Gasteiger partial charge in [0.2, 0.25) is 12.4 Å². The summed E-state index contributed by atoms with van der Waals surface area (Å²) >= 11 is 11.8. The molecule has 1 aromatic carbocycles. The van der Waals surface area contributed by atoms with Crippen molar-refractivity contribution in [2.24, 2.45) is 0 Å². The van der Waals surface area contributed by atoms with Gasteiger partial charge in [0.15, 0.2) is 0 Å². The summed E-state index contributed by atoms with van der Waals surface area (Å²) in [6, 6.07) is 4.84. The number of hydrogen-bond acceptors (Lipinski definition) is 5. The van der Waals surface area contributed by atoms with Crippen molar-refractivity contribution in [3.05, 3.63) is 46.2 Å². The number of hydrogen-bond donors (Lipinski definition) is 1. The van der Waals surface area contributed by atoms with Crippen LogP contribution in [0.4, 0.5) is 11.6 Å². The second-order valence-corrected chi connectivity index (χ2v) is 6.30. The molecule has 0 saturated carbocycles. The molecule has 1 saturated heterocycles. The largest absolute Gasteiger partial charge is 0.342 e. The van der Waals surface area contributed by atoms with Crippen molar-refractivity contribution in [1.29, 1.82) is 0 Å². The molecule has 9 heteroatoms. The minimum Gasteiger partial charge on any atom is -0.342 e. The second kappa shape index (κ2) is 7.67. The minimum atomic E-state index is -0.337. The maximum atomic E-state index is 12.3. The standard InChI is InChI=1S/C16H15Cl2N5O2/c17-13-2-1-12(7-14(13)18)21-15(25)11-8-19-16(20-9-11)23-5-3-22(10-24)4-6-23/h1-2,7-10H,3-6H2,(H,21,25). The van der Waals surface area contributed by atoms with E-state index in [1.54, 1.807) is 23.1 Å². The zero-order valence-electron chi connectivity index (χ0n) is 13.2. The Bertz CT molecular complexity index is 777. The van der Waals surface area contributed by atoms with Gasteiger partial charge in [0.25, 0.3) is 5.91 Å². The molecule has 1 aromatic heterocycles. The lowest BCUT2D eigenvalue weighted by Gasteiger charge is -2.32. The van der Waals surface area contributed by atoms with Gasteiger partial charge in [-0.1, -0.05) is 23.2 Å². The Balaban J connectivity index is 1.64. The van der Waals surface area contributed by atoms with Gasteiger partial charge in [-0.2, -0.15) is 0 Å². The van der Waals surface area contributed by atoms with E-state index in [4.69, 9.17) is 23.2 Å². The van der Waals surface area contributed by atoms with E-state index in [0.717, 1.165) is 6.41 Å². The highest BCUT2D eigenvalue weighted by Gasteiger charge is 2.18. The summed E-state index contributed by atoms with van der Waals surface area (Å²) in [5.41, 5.74) is 0.870. The molecule has 2 heterocycles. The van der Waals surface area contributed by atoms with Gasteiger partial charge < -0.3 is 15.1 Å². The second-order valence-electron chi connectivity index (χ2n) is 5.48. The number of nitrogens with zero attached hydrogens (tertiary/aromatic N) is 4. The summed E-state index contributed by atoms with van der Waals surface area (Å²) in [5.74, 6) is 0.201. The highest BCUT2D eigenvalue weighted by molar-refractivity contribution is 6.42. The lowest BCUT2D eigenvalue weighted by Crippen LogP contribution is -2.46. The van der Waals surface area contributed by atoms with Gasteiger partial charge >= 0.3 is 0 Å². The van der Waals surface area contributed by atoms with Crippen LogP contribution >= 0.6 is 23.2 Å². The Morgan fingerprint density at radius 3 is 2.36 bits per heavy atom. The molecule has 2 amide bonds. The van der Waals surface area contributed by atoms with Gasteiger partial charge in [-0.05, 0) is 18.2 Å². The Kier molecular flexibility index (Phi) is 5.35. The number of amides is 2. The molecule has 0 unspecified atom stereocenters. The minimum absolute atomic E-state index is 0.335. The predicted octanol–water partition coefficient (Wildman–Crippen LogP) is 2.31. The van der Waals surface area contributed by atoms with Crippen molar-refractivity contribution in [3.8, 4) is 0 Å². The van der Waals surface area contributed by atoms with Crippen molar-refractivity contribution in [2.75, 3.05) is 36.4 Å². The number of nitrogens with one attached hydrogen (secondary N) is 1. The normalized spacial score (nSPS) is 14.3. The van der Waals surface area contributed by atoms with Crippen molar-refractivity contribution in [3.63, 3.8) is 0 Å². The van der Waals surface area contributed by atoms with E-state index in [1.807, 2.05) is 4.90 Å². The van der Waals surface area contributed by atoms with Gasteiger partial charge in [0, 0.05) is 44.3 Å². The fourth-order valence-corrected chi connectivity index (χ4v) is 2.70. The lowest BCUT2D eigenvalue weighted by molar-refractivity contribution is -0.118. The van der Waals surface area contributed by atoms with E-state index < -0.39 is 0 Å². The molecular weight excluding hydrogens is 365 g/mol. The molecule has 1 aliphatic heterocycles. The van der Waals surface area contributed by atoms with Crippen molar-refractivity contribution < 1.29 is 9.59 Å². The molecular formula is C16H15Cl2N5O2. The van der Waals surface area contributed by atoms with Gasteiger partial charge in [-0.25, -0.2) is 9.97 Å². The highest BCUT2D eigenvalue weighted by Crippen LogP contribution is 2.25. The quantitative estimate of drug-likeness (QED) is 0.824. The van der Waals surface area contributed by atoms with Crippen LogP contribution < -0.4 is 10.2 Å². The average Bonchev–Trinajstić information content (AvgIpc) is 2.65. The third kappa shape index (κ3) is 4.18. The van der Waals surface area contributed by atoms with Crippen molar-refractivity contribution >= 4 is 47.2 Å². The van der Waals surface area contributed by atoms with Gasteiger partial charge in [-0.15, -0.1) is 0 Å². The van der Waals surface area contributed by atoms with Crippen LogP contribution in [0.2, 0.25) is 10.0 Å². The first-order valence-electron chi connectivity index (χ1n) is 7.59. The smallest absolute Gasteiger partial charge is 0.258 e. The molecule has 0 spiro atoms. The number of anilines is 2. The zero-order valence-corrected chi connectivity index (χ0v) is 14.7. The third-order valence-electron chi connectivity index (χ3n) is 3.82. The zero-order chi connectivity index (χ0) is 17.8. The average molecular weight is 380 g/mol. The van der Waals surface area contributed by atoms with Crippen LogP contribution in [-0.2, 0) is 4.79 Å². The molecule has 7 nitrogen and oxygen atoms in total. The summed E-state index contributed by atoms with van der Waals surface area (Å²) in [5, 5.41) is 3.50. The number of piperazine rings is 1. The van der Waals surface area contributed by atoms with Gasteiger partial charge in [0.05, 0.1) is 15.6 Å². The number of carbonyl (C=O) groups excluding carboxylic acids is 2.